The van der Waals surface area contributed by atoms with E-state index in [1.807, 2.05) is 96.9 Å². The number of hydrogen-bond acceptors (Lipinski definition) is 6. The van der Waals surface area contributed by atoms with E-state index in [-0.39, 0.29) is 18.4 Å². The van der Waals surface area contributed by atoms with Crippen molar-refractivity contribution >= 4 is 28.9 Å². The van der Waals surface area contributed by atoms with Crippen molar-refractivity contribution in [3.63, 3.8) is 0 Å². The fourth-order valence-electron chi connectivity index (χ4n) is 5.30. The van der Waals surface area contributed by atoms with E-state index >= 15 is 0 Å². The molecule has 0 spiro atoms. The van der Waals surface area contributed by atoms with E-state index in [2.05, 4.69) is 0 Å². The SMILES string of the molecule is COCC(=O)N1C(N(C)c2ccccc2OC)=CC2(c3ccccc3)C(OC)C(=O)N2c2ccccc21. The molecule has 2 heterocycles. The number of rotatable bonds is 7. The Bertz CT molecular complexity index is 1360. The number of hydrogen-bond donors (Lipinski definition) is 0. The van der Waals surface area contributed by atoms with E-state index in [0.717, 1.165) is 11.3 Å². The Balaban J connectivity index is 1.85. The van der Waals surface area contributed by atoms with Gasteiger partial charge in [0.2, 0.25) is 0 Å². The lowest BCUT2D eigenvalue weighted by Crippen LogP contribution is -2.72. The van der Waals surface area contributed by atoms with Gasteiger partial charge in [-0.25, -0.2) is 0 Å². The zero-order valence-electron chi connectivity index (χ0n) is 21.3. The van der Waals surface area contributed by atoms with Crippen molar-refractivity contribution in [3.05, 3.63) is 96.3 Å². The van der Waals surface area contributed by atoms with Crippen LogP contribution < -0.4 is 19.4 Å². The summed E-state index contributed by atoms with van der Waals surface area (Å²) in [6.45, 7) is -0.147. The van der Waals surface area contributed by atoms with E-state index in [0.29, 0.717) is 22.9 Å². The summed E-state index contributed by atoms with van der Waals surface area (Å²) in [5.41, 5.74) is 1.78. The summed E-state index contributed by atoms with van der Waals surface area (Å²) < 4.78 is 16.7. The Morgan fingerprint density at radius 1 is 0.919 bits per heavy atom. The highest BCUT2D eigenvalue weighted by molar-refractivity contribution is 6.13. The number of ether oxygens (including phenoxy) is 3. The van der Waals surface area contributed by atoms with E-state index in [9.17, 15) is 9.59 Å². The fraction of sp³-hybridized carbons (Fsp3) is 0.241. The van der Waals surface area contributed by atoms with Crippen LogP contribution in [0.25, 0.3) is 0 Å². The highest BCUT2D eigenvalue weighted by Gasteiger charge is 2.63. The molecule has 1 saturated heterocycles. The van der Waals surface area contributed by atoms with Crippen molar-refractivity contribution < 1.29 is 23.8 Å². The minimum Gasteiger partial charge on any atom is -0.495 e. The molecule has 2 aliphatic rings. The lowest BCUT2D eigenvalue weighted by Gasteiger charge is -2.55. The predicted octanol–water partition coefficient (Wildman–Crippen LogP) is 3.92. The smallest absolute Gasteiger partial charge is 0.260 e. The molecule has 0 radical (unpaired) electrons. The highest BCUT2D eigenvalue weighted by Crippen LogP contribution is 2.53. The van der Waals surface area contributed by atoms with Crippen LogP contribution in [0.1, 0.15) is 5.56 Å². The largest absolute Gasteiger partial charge is 0.495 e. The molecule has 0 saturated carbocycles. The maximum atomic E-state index is 13.7. The van der Waals surface area contributed by atoms with Crippen LogP contribution in [0.5, 0.6) is 5.75 Å². The highest BCUT2D eigenvalue weighted by atomic mass is 16.5. The first-order valence-electron chi connectivity index (χ1n) is 11.9. The Hall–Kier alpha value is -4.14. The first kappa shape index (κ1) is 24.5. The third-order valence-electron chi connectivity index (χ3n) is 6.94. The van der Waals surface area contributed by atoms with Gasteiger partial charge in [-0.15, -0.1) is 0 Å². The van der Waals surface area contributed by atoms with Crippen molar-refractivity contribution in [2.45, 2.75) is 11.6 Å². The molecule has 3 aromatic rings. The van der Waals surface area contributed by atoms with Gasteiger partial charge in [-0.3, -0.25) is 19.4 Å². The Labute approximate surface area is 216 Å². The number of amides is 2. The van der Waals surface area contributed by atoms with Gasteiger partial charge >= 0.3 is 0 Å². The Kier molecular flexibility index (Phi) is 6.45. The maximum absolute atomic E-state index is 13.7. The van der Waals surface area contributed by atoms with Crippen molar-refractivity contribution in [2.75, 3.05) is 49.7 Å². The molecule has 2 unspecified atom stereocenters. The van der Waals surface area contributed by atoms with Crippen LogP contribution in [0.15, 0.2) is 90.8 Å². The molecule has 0 aromatic heterocycles. The third kappa shape index (κ3) is 3.68. The predicted molar refractivity (Wildman–Crippen MR) is 142 cm³/mol. The minimum atomic E-state index is -1.00. The van der Waals surface area contributed by atoms with E-state index < -0.39 is 11.6 Å². The minimum absolute atomic E-state index is 0.147. The standard InChI is InChI=1S/C29H29N3O5/c1-30(23-16-10-11-17-24(23)36-3)25-18-29(20-12-6-5-7-13-20)27(37-4)28(34)32(29)22-15-9-8-14-21(22)31(25)26(33)19-35-2/h5-18,27H,19H2,1-4H3. The van der Waals surface area contributed by atoms with Crippen LogP contribution in [0.4, 0.5) is 17.1 Å². The molecule has 1 fully saturated rings. The van der Waals surface area contributed by atoms with Gasteiger partial charge in [0.15, 0.2) is 6.10 Å². The second-order valence-electron chi connectivity index (χ2n) is 8.87. The van der Waals surface area contributed by atoms with Crippen LogP contribution in [0, 0.1) is 0 Å². The van der Waals surface area contributed by atoms with Crippen LogP contribution >= 0.6 is 0 Å². The Morgan fingerprint density at radius 3 is 2.24 bits per heavy atom. The molecular formula is C29H29N3O5. The van der Waals surface area contributed by atoms with Crippen molar-refractivity contribution in [1.29, 1.82) is 0 Å². The van der Waals surface area contributed by atoms with Crippen LogP contribution in [-0.4, -0.2) is 52.9 Å². The number of nitrogens with zero attached hydrogens (tertiary/aromatic N) is 3. The number of anilines is 3. The summed E-state index contributed by atoms with van der Waals surface area (Å²) >= 11 is 0. The van der Waals surface area contributed by atoms with Gasteiger partial charge in [-0.2, -0.15) is 0 Å². The first-order chi connectivity index (χ1) is 18.0. The zero-order valence-corrected chi connectivity index (χ0v) is 21.3. The number of methoxy groups -OCH3 is 3. The molecule has 0 aliphatic carbocycles. The number of carbonyl (C=O) groups is 2. The third-order valence-corrected chi connectivity index (χ3v) is 6.94. The van der Waals surface area contributed by atoms with Crippen LogP contribution in [0.2, 0.25) is 0 Å². The van der Waals surface area contributed by atoms with Gasteiger partial charge in [0.1, 0.15) is 23.7 Å². The molecule has 3 aromatic carbocycles. The molecule has 5 rings (SSSR count). The number of benzene rings is 3. The van der Waals surface area contributed by atoms with Crippen molar-refractivity contribution in [3.8, 4) is 5.75 Å². The second kappa shape index (κ2) is 9.72. The van der Waals surface area contributed by atoms with Crippen molar-refractivity contribution in [2.24, 2.45) is 0 Å². The van der Waals surface area contributed by atoms with Gasteiger partial charge in [-0.1, -0.05) is 54.6 Å². The lowest BCUT2D eigenvalue weighted by atomic mass is 9.74. The monoisotopic (exact) mass is 499 g/mol. The molecule has 37 heavy (non-hydrogen) atoms. The summed E-state index contributed by atoms with van der Waals surface area (Å²) in [5.74, 6) is 0.714. The molecule has 2 atom stereocenters. The topological polar surface area (TPSA) is 71.5 Å². The number of carbonyl (C=O) groups excluding carboxylic acids is 2. The number of fused-ring (bicyclic) bond motifs is 3. The van der Waals surface area contributed by atoms with Gasteiger partial charge in [-0.05, 0) is 35.9 Å². The summed E-state index contributed by atoms with van der Waals surface area (Å²) in [6, 6.07) is 24.7. The first-order valence-corrected chi connectivity index (χ1v) is 11.9. The van der Waals surface area contributed by atoms with Gasteiger partial charge in [0.05, 0.1) is 24.2 Å². The summed E-state index contributed by atoms with van der Waals surface area (Å²) in [5, 5.41) is 0. The molecule has 0 bridgehead atoms. The van der Waals surface area contributed by atoms with Gasteiger partial charge in [0.25, 0.3) is 11.8 Å². The number of para-hydroxylation sites is 4. The molecule has 190 valence electrons. The molecule has 2 aliphatic heterocycles. The maximum Gasteiger partial charge on any atom is 0.260 e. The van der Waals surface area contributed by atoms with E-state index in [1.165, 1.54) is 14.2 Å². The van der Waals surface area contributed by atoms with Crippen LogP contribution in [-0.2, 0) is 24.6 Å². The summed E-state index contributed by atoms with van der Waals surface area (Å²) in [4.78, 5) is 32.5. The van der Waals surface area contributed by atoms with Crippen LogP contribution in [0.3, 0.4) is 0 Å². The molecule has 8 nitrogen and oxygen atoms in total. The lowest BCUT2D eigenvalue weighted by molar-refractivity contribution is -0.144. The Morgan fingerprint density at radius 2 is 1.57 bits per heavy atom. The summed E-state index contributed by atoms with van der Waals surface area (Å²) in [7, 11) is 6.50. The normalized spacial score (nSPS) is 20.3. The van der Waals surface area contributed by atoms with Gasteiger partial charge < -0.3 is 19.1 Å². The second-order valence-corrected chi connectivity index (χ2v) is 8.87. The summed E-state index contributed by atoms with van der Waals surface area (Å²) in [6.07, 6.45) is 1.15. The van der Waals surface area contributed by atoms with E-state index in [4.69, 9.17) is 14.2 Å². The van der Waals surface area contributed by atoms with Gasteiger partial charge in [0, 0.05) is 21.3 Å². The molecule has 8 heteroatoms. The fourth-order valence-corrected chi connectivity index (χ4v) is 5.30. The average Bonchev–Trinajstić information content (AvgIpc) is 3.04. The van der Waals surface area contributed by atoms with Crippen molar-refractivity contribution in [1.82, 2.24) is 0 Å². The molecule has 0 N–H and O–H groups in total. The molecule has 2 amide bonds. The zero-order chi connectivity index (χ0) is 26.2. The molecular weight excluding hydrogens is 470 g/mol. The average molecular weight is 500 g/mol. The number of β-lactam (4-membered cyclic amide) rings is 1. The van der Waals surface area contributed by atoms with E-state index in [1.54, 1.807) is 16.9 Å². The quantitative estimate of drug-likeness (QED) is 0.459.